The van der Waals surface area contributed by atoms with Gasteiger partial charge < -0.3 is 0 Å². The van der Waals surface area contributed by atoms with Crippen molar-refractivity contribution < 1.29 is 0 Å². The average molecular weight is 550 g/mol. The van der Waals surface area contributed by atoms with Gasteiger partial charge in [0.15, 0.2) is 0 Å². The van der Waals surface area contributed by atoms with E-state index >= 15 is 0 Å². The van der Waals surface area contributed by atoms with Gasteiger partial charge in [0.25, 0.3) is 0 Å². The molecule has 0 unspecified atom stereocenters. The predicted octanol–water partition coefficient (Wildman–Crippen LogP) is 3.67. The van der Waals surface area contributed by atoms with E-state index in [0.29, 0.717) is 0 Å². The first-order valence-electron chi connectivity index (χ1n) is 1.57. The summed E-state index contributed by atoms with van der Waals surface area (Å²) in [6.45, 7) is 0. The van der Waals surface area contributed by atoms with E-state index in [2.05, 4.69) is 90.4 Å². The lowest BCUT2D eigenvalue weighted by Crippen LogP contribution is -1.60. The smallest absolute Gasteiger partial charge is 0.0516 e. The van der Waals surface area contributed by atoms with Crippen LogP contribution in [0.2, 0.25) is 0 Å². The SMILES string of the molecule is ICCI.ICI. The fourth-order valence-electron chi connectivity index (χ4n) is 0. The molecule has 0 aliphatic heterocycles. The molecule has 4 heteroatoms. The van der Waals surface area contributed by atoms with Gasteiger partial charge in [-0.3, -0.25) is 0 Å². The van der Waals surface area contributed by atoms with Gasteiger partial charge in [-0.1, -0.05) is 90.4 Å². The Morgan fingerprint density at radius 3 is 0.857 bits per heavy atom. The fourth-order valence-corrected chi connectivity index (χ4v) is 0. The molecule has 0 aromatic heterocycles. The van der Waals surface area contributed by atoms with E-state index in [1.165, 1.54) is 11.3 Å². The Balaban J connectivity index is 0. The molecule has 0 rings (SSSR count). The first-order chi connectivity index (χ1) is 3.33. The summed E-state index contributed by atoms with van der Waals surface area (Å²) in [5.74, 6) is 0. The summed E-state index contributed by atoms with van der Waals surface area (Å²) in [4.78, 5) is 0. The molecule has 0 amide bonds. The van der Waals surface area contributed by atoms with Gasteiger partial charge >= 0.3 is 0 Å². The van der Waals surface area contributed by atoms with Gasteiger partial charge in [-0.15, -0.1) is 0 Å². The van der Waals surface area contributed by atoms with Gasteiger partial charge in [0, 0.05) is 8.86 Å². The van der Waals surface area contributed by atoms with Crippen molar-refractivity contribution in [2.45, 2.75) is 0 Å². The lowest BCUT2D eigenvalue weighted by Gasteiger charge is -1.64. The molecule has 0 aliphatic rings. The Morgan fingerprint density at radius 2 is 0.857 bits per heavy atom. The Bertz CT molecular complexity index is 14.4. The first-order valence-corrected chi connectivity index (χ1v) is 7.67. The molecule has 0 saturated carbocycles. The Kier molecular flexibility index (Phi) is 28.7. The number of hydrogen-bond acceptors (Lipinski definition) is 0. The molecule has 0 aromatic rings. The molecule has 0 saturated heterocycles. The summed E-state index contributed by atoms with van der Waals surface area (Å²) in [7, 11) is 0. The van der Waals surface area contributed by atoms with Gasteiger partial charge in [0.2, 0.25) is 0 Å². The van der Waals surface area contributed by atoms with Crippen molar-refractivity contribution in [3.05, 3.63) is 0 Å². The molecule has 7 heavy (non-hydrogen) atoms. The van der Waals surface area contributed by atoms with Crippen LogP contribution >= 0.6 is 90.4 Å². The van der Waals surface area contributed by atoms with E-state index in [4.69, 9.17) is 0 Å². The van der Waals surface area contributed by atoms with Crippen LogP contribution in [0.25, 0.3) is 0 Å². The van der Waals surface area contributed by atoms with Gasteiger partial charge in [0.1, 0.15) is 0 Å². The number of halogens is 4. The highest BCUT2D eigenvalue weighted by Crippen LogP contribution is 1.86. The summed E-state index contributed by atoms with van der Waals surface area (Å²) in [5.41, 5.74) is 0. The van der Waals surface area contributed by atoms with Crippen molar-refractivity contribution in [3.63, 3.8) is 0 Å². The van der Waals surface area contributed by atoms with Crippen molar-refractivity contribution in [1.82, 2.24) is 0 Å². The van der Waals surface area contributed by atoms with Gasteiger partial charge in [0.05, 0.1) is 2.43 Å². The predicted molar refractivity (Wildman–Crippen MR) is 70.7 cm³/mol. The van der Waals surface area contributed by atoms with Crippen LogP contribution in [0.4, 0.5) is 0 Å². The zero-order chi connectivity index (χ0) is 6.12. The monoisotopic (exact) mass is 550 g/mol. The van der Waals surface area contributed by atoms with E-state index in [-0.39, 0.29) is 0 Å². The molecule has 0 bridgehead atoms. The summed E-state index contributed by atoms with van der Waals surface area (Å²) in [6.07, 6.45) is 0. The lowest BCUT2D eigenvalue weighted by molar-refractivity contribution is 1.67. The molecular weight excluding hydrogens is 544 g/mol. The normalized spacial score (nSPS) is 6.86. The highest BCUT2D eigenvalue weighted by molar-refractivity contribution is 14.2. The van der Waals surface area contributed by atoms with E-state index in [0.717, 1.165) is 0 Å². The molecule has 0 aromatic carbocycles. The summed E-state index contributed by atoms with van der Waals surface area (Å²) < 4.78 is 3.74. The quantitative estimate of drug-likeness (QED) is 0.346. The Hall–Kier alpha value is 2.92. The summed E-state index contributed by atoms with van der Waals surface area (Å²) in [5, 5.41) is 0. The van der Waals surface area contributed by atoms with Crippen molar-refractivity contribution in [2.75, 3.05) is 11.3 Å². The molecule has 0 nitrogen and oxygen atoms in total. The van der Waals surface area contributed by atoms with E-state index in [9.17, 15) is 0 Å². The highest BCUT2D eigenvalue weighted by atomic mass is 127. The minimum absolute atomic E-state index is 1.19. The fraction of sp³-hybridized carbons (Fsp3) is 1.00. The molecule has 0 radical (unpaired) electrons. The van der Waals surface area contributed by atoms with Crippen LogP contribution < -0.4 is 0 Å². The number of hydrogen-bond donors (Lipinski definition) is 0. The molecule has 0 aliphatic carbocycles. The maximum absolute atomic E-state index is 2.34. The topological polar surface area (TPSA) is 0 Å². The minimum Gasteiger partial charge on any atom is -0.0855 e. The molecule has 0 atom stereocenters. The van der Waals surface area contributed by atoms with Gasteiger partial charge in [-0.05, 0) is 0 Å². The van der Waals surface area contributed by atoms with E-state index in [1.54, 1.807) is 0 Å². The largest absolute Gasteiger partial charge is 0.0855 e. The highest BCUT2D eigenvalue weighted by Gasteiger charge is 1.60. The third kappa shape index (κ3) is 27.8. The Labute approximate surface area is 99.5 Å². The van der Waals surface area contributed by atoms with Crippen LogP contribution in [0.1, 0.15) is 0 Å². The Morgan fingerprint density at radius 1 is 0.714 bits per heavy atom. The maximum Gasteiger partial charge on any atom is 0.0516 e. The number of rotatable bonds is 1. The molecule has 0 heterocycles. The van der Waals surface area contributed by atoms with Gasteiger partial charge in [-0.2, -0.15) is 0 Å². The second kappa shape index (κ2) is 16.0. The standard InChI is InChI=1S/C2H4I2.CH2I2/c3-1-2-4;2-1-3/h1-2H2;1H2. The van der Waals surface area contributed by atoms with Crippen LogP contribution in [0.5, 0.6) is 0 Å². The third-order valence-corrected chi connectivity index (χ3v) is 3.21. The van der Waals surface area contributed by atoms with Crippen LogP contribution in [0, 0.1) is 0 Å². The lowest BCUT2D eigenvalue weighted by atomic mass is 11.0. The van der Waals surface area contributed by atoms with Crippen molar-refractivity contribution >= 4 is 90.4 Å². The van der Waals surface area contributed by atoms with Crippen molar-refractivity contribution in [2.24, 2.45) is 0 Å². The van der Waals surface area contributed by atoms with Crippen LogP contribution in [-0.2, 0) is 0 Å². The first kappa shape index (κ1) is 12.6. The van der Waals surface area contributed by atoms with Gasteiger partial charge in [-0.25, -0.2) is 0 Å². The third-order valence-electron chi connectivity index (χ3n) is 0.0714. The second-order valence-electron chi connectivity index (χ2n) is 0.479. The van der Waals surface area contributed by atoms with Crippen molar-refractivity contribution in [1.29, 1.82) is 0 Å². The zero-order valence-corrected chi connectivity index (χ0v) is 12.3. The molecule has 0 N–H and O–H groups in total. The van der Waals surface area contributed by atoms with Crippen LogP contribution in [0.3, 0.4) is 0 Å². The molecule has 0 spiro atoms. The molecule has 0 fully saturated rings. The average Bonchev–Trinajstić information content (AvgIpc) is 1.69. The van der Waals surface area contributed by atoms with Crippen LogP contribution in [0.15, 0.2) is 0 Å². The minimum atomic E-state index is 1.19. The van der Waals surface area contributed by atoms with Crippen LogP contribution in [-0.4, -0.2) is 11.3 Å². The number of alkyl halides is 4. The van der Waals surface area contributed by atoms with E-state index < -0.39 is 0 Å². The molecular formula is C3H6I4. The summed E-state index contributed by atoms with van der Waals surface area (Å²) in [6, 6.07) is 0. The van der Waals surface area contributed by atoms with Crippen molar-refractivity contribution in [3.8, 4) is 0 Å². The zero-order valence-electron chi connectivity index (χ0n) is 3.63. The second-order valence-corrected chi connectivity index (χ2v) is 7.08. The molecule has 46 valence electrons. The van der Waals surface area contributed by atoms with E-state index in [1.807, 2.05) is 0 Å². The maximum atomic E-state index is 2.34. The summed E-state index contributed by atoms with van der Waals surface area (Å²) >= 11 is 9.24.